The zero-order valence-corrected chi connectivity index (χ0v) is 13.8. The van der Waals surface area contributed by atoms with Crippen LogP contribution < -0.4 is 0 Å². The number of ether oxygens (including phenoxy) is 1. The zero-order valence-electron chi connectivity index (χ0n) is 13.0. The molecule has 0 aliphatic carbocycles. The molecule has 0 spiro atoms. The molecule has 22 heavy (non-hydrogen) atoms. The lowest BCUT2D eigenvalue weighted by Gasteiger charge is -2.25. The molecule has 1 unspecified atom stereocenters. The Kier molecular flexibility index (Phi) is 4.84. The number of nitrogens with zero attached hydrogens (tertiary/aromatic N) is 2. The van der Waals surface area contributed by atoms with Gasteiger partial charge in [-0.2, -0.15) is 4.31 Å². The molecule has 2 fully saturated rings. The van der Waals surface area contributed by atoms with E-state index in [9.17, 15) is 8.42 Å². The van der Waals surface area contributed by atoms with E-state index in [0.717, 1.165) is 51.0 Å². The Bertz CT molecular complexity index is 592. The molecule has 1 atom stereocenters. The van der Waals surface area contributed by atoms with Crippen molar-refractivity contribution in [3.63, 3.8) is 0 Å². The van der Waals surface area contributed by atoms with Crippen LogP contribution in [0.4, 0.5) is 0 Å². The molecule has 0 N–H and O–H groups in total. The van der Waals surface area contributed by atoms with Crippen molar-refractivity contribution in [3.05, 3.63) is 17.5 Å². The predicted octanol–water partition coefficient (Wildman–Crippen LogP) is 2.27. The van der Waals surface area contributed by atoms with Crippen molar-refractivity contribution >= 4 is 10.0 Å². The van der Waals surface area contributed by atoms with Crippen LogP contribution in [0, 0.1) is 12.8 Å². The van der Waals surface area contributed by atoms with Crippen LogP contribution in [0.2, 0.25) is 0 Å². The number of rotatable bonds is 5. The van der Waals surface area contributed by atoms with Crippen molar-refractivity contribution < 1.29 is 17.7 Å². The van der Waals surface area contributed by atoms with Gasteiger partial charge in [-0.1, -0.05) is 5.16 Å². The Hall–Kier alpha value is -0.920. The van der Waals surface area contributed by atoms with Gasteiger partial charge in [-0.3, -0.25) is 0 Å². The maximum Gasteiger partial charge on any atom is 0.214 e. The van der Waals surface area contributed by atoms with Crippen molar-refractivity contribution in [1.29, 1.82) is 0 Å². The summed E-state index contributed by atoms with van der Waals surface area (Å²) in [6.07, 6.45) is 4.36. The summed E-state index contributed by atoms with van der Waals surface area (Å²) in [6, 6.07) is 1.66. The fourth-order valence-corrected chi connectivity index (χ4v) is 5.24. The second kappa shape index (κ2) is 6.68. The smallest absolute Gasteiger partial charge is 0.214 e. The van der Waals surface area contributed by atoms with Crippen molar-refractivity contribution in [2.45, 2.75) is 45.1 Å². The molecule has 0 radical (unpaired) electrons. The molecule has 0 amide bonds. The topological polar surface area (TPSA) is 72.6 Å². The number of hydrogen-bond donors (Lipinski definition) is 0. The van der Waals surface area contributed by atoms with Gasteiger partial charge in [-0.05, 0) is 44.9 Å². The van der Waals surface area contributed by atoms with Crippen LogP contribution in [0.5, 0.6) is 0 Å². The van der Waals surface area contributed by atoms with Gasteiger partial charge in [0.15, 0.2) is 5.76 Å². The first-order chi connectivity index (χ1) is 10.6. The lowest BCUT2D eigenvalue weighted by Crippen LogP contribution is -2.33. The van der Waals surface area contributed by atoms with Crippen LogP contribution in [0.15, 0.2) is 10.6 Å². The maximum atomic E-state index is 12.7. The largest absolute Gasteiger partial charge is 0.381 e. The minimum absolute atomic E-state index is 0.180. The monoisotopic (exact) mass is 328 g/mol. The Morgan fingerprint density at radius 1 is 1.32 bits per heavy atom. The summed E-state index contributed by atoms with van der Waals surface area (Å²) in [5.41, 5.74) is 0.793. The molecular formula is C15H24N2O4S. The molecule has 3 heterocycles. The van der Waals surface area contributed by atoms with E-state index in [1.807, 2.05) is 13.0 Å². The first-order valence-corrected chi connectivity index (χ1v) is 9.67. The molecule has 0 aromatic carbocycles. The third kappa shape index (κ3) is 3.52. The van der Waals surface area contributed by atoms with Gasteiger partial charge >= 0.3 is 0 Å². The molecule has 2 aliphatic rings. The van der Waals surface area contributed by atoms with E-state index in [4.69, 9.17) is 9.26 Å². The zero-order chi connectivity index (χ0) is 15.6. The molecule has 3 rings (SSSR count). The lowest BCUT2D eigenvalue weighted by atomic mass is 9.98. The molecule has 124 valence electrons. The van der Waals surface area contributed by atoms with Crippen LogP contribution >= 0.6 is 0 Å². The van der Waals surface area contributed by atoms with Crippen LogP contribution in [0.1, 0.15) is 49.6 Å². The second-order valence-electron chi connectivity index (χ2n) is 6.30. The highest BCUT2D eigenvalue weighted by molar-refractivity contribution is 7.89. The maximum absolute atomic E-state index is 12.7. The summed E-state index contributed by atoms with van der Waals surface area (Å²) in [6.45, 7) is 3.95. The molecule has 2 aliphatic heterocycles. The van der Waals surface area contributed by atoms with Crippen LogP contribution in [-0.4, -0.2) is 43.4 Å². The lowest BCUT2D eigenvalue weighted by molar-refractivity contribution is 0.0655. The van der Waals surface area contributed by atoms with Crippen molar-refractivity contribution in [3.8, 4) is 0 Å². The van der Waals surface area contributed by atoms with Gasteiger partial charge in [-0.25, -0.2) is 8.42 Å². The molecule has 1 aromatic rings. The van der Waals surface area contributed by atoms with E-state index in [2.05, 4.69) is 5.16 Å². The molecule has 0 saturated carbocycles. The Labute approximate surface area is 131 Å². The van der Waals surface area contributed by atoms with E-state index >= 15 is 0 Å². The molecular weight excluding hydrogens is 304 g/mol. The number of aryl methyl sites for hydroxylation is 1. The van der Waals surface area contributed by atoms with Gasteiger partial charge in [0.25, 0.3) is 0 Å². The quantitative estimate of drug-likeness (QED) is 0.829. The molecule has 6 nitrogen and oxygen atoms in total. The summed E-state index contributed by atoms with van der Waals surface area (Å²) >= 11 is 0. The fraction of sp³-hybridized carbons (Fsp3) is 0.800. The van der Waals surface area contributed by atoms with Gasteiger partial charge in [0.2, 0.25) is 10.0 Å². The van der Waals surface area contributed by atoms with Gasteiger partial charge in [0.05, 0.1) is 17.5 Å². The van der Waals surface area contributed by atoms with Crippen LogP contribution in [-0.2, 0) is 14.8 Å². The Morgan fingerprint density at radius 3 is 2.77 bits per heavy atom. The highest BCUT2D eigenvalue weighted by atomic mass is 32.2. The van der Waals surface area contributed by atoms with Crippen molar-refractivity contribution in [2.75, 3.05) is 25.5 Å². The Balaban J connectivity index is 1.65. The third-order valence-corrected chi connectivity index (χ3v) is 6.56. The third-order valence-electron chi connectivity index (χ3n) is 4.66. The highest BCUT2D eigenvalue weighted by Crippen LogP contribution is 2.35. The minimum atomic E-state index is -3.24. The SMILES string of the molecule is Cc1cc(C2CCCN2S(=O)(=O)CCC2CCOCC2)on1. The predicted molar refractivity (Wildman–Crippen MR) is 81.9 cm³/mol. The number of sulfonamides is 1. The molecule has 0 bridgehead atoms. The minimum Gasteiger partial charge on any atom is -0.381 e. The van der Waals surface area contributed by atoms with Crippen molar-refractivity contribution in [2.24, 2.45) is 5.92 Å². The first-order valence-electron chi connectivity index (χ1n) is 8.07. The van der Waals surface area contributed by atoms with Gasteiger partial charge in [0.1, 0.15) is 0 Å². The normalized spacial score (nSPS) is 24.9. The van der Waals surface area contributed by atoms with Crippen LogP contribution in [0.3, 0.4) is 0 Å². The Morgan fingerprint density at radius 2 is 2.09 bits per heavy atom. The summed E-state index contributed by atoms with van der Waals surface area (Å²) < 4.78 is 37.6. The summed E-state index contributed by atoms with van der Waals surface area (Å²) in [5, 5.41) is 3.89. The summed E-state index contributed by atoms with van der Waals surface area (Å²) in [7, 11) is -3.24. The van der Waals surface area contributed by atoms with E-state index in [-0.39, 0.29) is 11.8 Å². The van der Waals surface area contributed by atoms with Gasteiger partial charge in [-0.15, -0.1) is 0 Å². The second-order valence-corrected chi connectivity index (χ2v) is 8.34. The van der Waals surface area contributed by atoms with Crippen LogP contribution in [0.25, 0.3) is 0 Å². The summed E-state index contributed by atoms with van der Waals surface area (Å²) in [4.78, 5) is 0. The molecule has 2 saturated heterocycles. The van der Waals surface area contributed by atoms with E-state index < -0.39 is 10.0 Å². The molecule has 1 aromatic heterocycles. The first kappa shape index (κ1) is 16.0. The average molecular weight is 328 g/mol. The van der Waals surface area contributed by atoms with E-state index in [1.165, 1.54) is 0 Å². The summed E-state index contributed by atoms with van der Waals surface area (Å²) in [5.74, 6) is 1.36. The van der Waals surface area contributed by atoms with Gasteiger partial charge < -0.3 is 9.26 Å². The fourth-order valence-electron chi connectivity index (χ4n) is 3.37. The average Bonchev–Trinajstić information content (AvgIpc) is 3.15. The number of aromatic nitrogens is 1. The molecule has 7 heteroatoms. The standard InChI is InChI=1S/C15H24N2O4S/c1-12-11-15(21-16-12)14-3-2-7-17(14)22(18,19)10-6-13-4-8-20-9-5-13/h11,13-14H,2-10H2,1H3. The van der Waals surface area contributed by atoms with Crippen molar-refractivity contribution in [1.82, 2.24) is 9.46 Å². The highest BCUT2D eigenvalue weighted by Gasteiger charge is 2.37. The van der Waals surface area contributed by atoms with Gasteiger partial charge in [0, 0.05) is 25.8 Å². The number of hydrogen-bond acceptors (Lipinski definition) is 5. The van der Waals surface area contributed by atoms with E-state index in [0.29, 0.717) is 18.2 Å². The van der Waals surface area contributed by atoms with E-state index in [1.54, 1.807) is 4.31 Å².